The number of nitrogens with zero attached hydrogens (tertiary/aromatic N) is 2. The lowest BCUT2D eigenvalue weighted by atomic mass is 9.95. The lowest BCUT2D eigenvalue weighted by molar-refractivity contribution is 0.102. The zero-order valence-electron chi connectivity index (χ0n) is 20.5. The molecule has 3 aromatic carbocycles. The van der Waals surface area contributed by atoms with E-state index in [2.05, 4.69) is 76.8 Å². The molecular formula is C31H28ClN3O. The number of imidazole rings is 1. The van der Waals surface area contributed by atoms with Gasteiger partial charge in [0.05, 0.1) is 16.4 Å². The molecule has 0 fully saturated rings. The Morgan fingerprint density at radius 1 is 0.889 bits per heavy atom. The molecule has 0 spiro atoms. The van der Waals surface area contributed by atoms with Crippen molar-refractivity contribution in [1.29, 1.82) is 0 Å². The molecule has 0 saturated heterocycles. The van der Waals surface area contributed by atoms with Crippen LogP contribution in [0.25, 0.3) is 28.0 Å². The van der Waals surface area contributed by atoms with Crippen molar-refractivity contribution in [3.05, 3.63) is 106 Å². The number of aromatic nitrogens is 2. The van der Waals surface area contributed by atoms with Crippen molar-refractivity contribution in [3.63, 3.8) is 0 Å². The molecule has 0 aliphatic carbocycles. The largest absolute Gasteiger partial charge is 0.325 e. The molecule has 36 heavy (non-hydrogen) atoms. The van der Waals surface area contributed by atoms with Gasteiger partial charge in [-0.25, -0.2) is 0 Å². The molecule has 1 N–H and O–H groups in total. The lowest BCUT2D eigenvalue weighted by Crippen LogP contribution is -2.15. The average molecular weight is 494 g/mol. The second kappa shape index (κ2) is 9.03. The van der Waals surface area contributed by atoms with Gasteiger partial charge in [0.25, 0.3) is 5.91 Å². The number of hydrogen-bond acceptors (Lipinski definition) is 1. The van der Waals surface area contributed by atoms with Crippen LogP contribution in [0.4, 0.5) is 5.69 Å². The van der Waals surface area contributed by atoms with E-state index in [9.17, 15) is 4.79 Å². The van der Waals surface area contributed by atoms with E-state index in [-0.39, 0.29) is 5.91 Å². The number of hydrogen-bond donors (Lipinski definition) is 1. The Balaban J connectivity index is 1.64. The van der Waals surface area contributed by atoms with Gasteiger partial charge in [-0.2, -0.15) is 0 Å². The van der Waals surface area contributed by atoms with Crippen LogP contribution in [0, 0.1) is 13.8 Å². The molecule has 180 valence electrons. The summed E-state index contributed by atoms with van der Waals surface area (Å²) in [6.07, 6.45) is 5.25. The van der Waals surface area contributed by atoms with Crippen LogP contribution in [-0.2, 0) is 13.0 Å². The van der Waals surface area contributed by atoms with Gasteiger partial charge in [0.15, 0.2) is 0 Å². The Labute approximate surface area is 216 Å². The zero-order chi connectivity index (χ0) is 24.8. The van der Waals surface area contributed by atoms with Crippen molar-refractivity contribution in [3.8, 4) is 22.4 Å². The van der Waals surface area contributed by atoms with E-state index in [1.54, 1.807) is 6.07 Å². The predicted octanol–water partition coefficient (Wildman–Crippen LogP) is 7.93. The van der Waals surface area contributed by atoms with E-state index in [0.29, 0.717) is 16.4 Å². The molecule has 5 heteroatoms. The summed E-state index contributed by atoms with van der Waals surface area (Å²) in [5, 5.41) is 3.62. The van der Waals surface area contributed by atoms with E-state index in [1.807, 2.05) is 24.3 Å². The smallest absolute Gasteiger partial charge is 0.273 e. The van der Waals surface area contributed by atoms with Crippen molar-refractivity contribution < 1.29 is 4.79 Å². The monoisotopic (exact) mass is 493 g/mol. The average Bonchev–Trinajstić information content (AvgIpc) is 3.30. The number of anilines is 1. The number of nitrogens with one attached hydrogen (secondary N) is 1. The number of benzene rings is 3. The summed E-state index contributed by atoms with van der Waals surface area (Å²) in [6.45, 7) is 5.18. The number of carbonyl (C=O) groups is 1. The highest BCUT2D eigenvalue weighted by atomic mass is 35.5. The van der Waals surface area contributed by atoms with Crippen LogP contribution in [-0.4, -0.2) is 14.9 Å². The van der Waals surface area contributed by atoms with Crippen LogP contribution >= 0.6 is 11.6 Å². The minimum Gasteiger partial charge on any atom is -0.325 e. The van der Waals surface area contributed by atoms with E-state index in [0.717, 1.165) is 53.8 Å². The van der Waals surface area contributed by atoms with Crippen LogP contribution in [0.5, 0.6) is 0 Å². The first-order valence-corrected chi connectivity index (χ1v) is 12.9. The molecule has 0 unspecified atom stereocenters. The Morgan fingerprint density at radius 2 is 1.67 bits per heavy atom. The number of para-hydroxylation sites is 1. The number of halogens is 1. The predicted molar refractivity (Wildman–Crippen MR) is 148 cm³/mol. The standard InChI is InChI=1S/C31H28ClN3O/c1-20-15-16-23(18-21(20)2)28-24-12-8-9-17-34-27(22-10-4-3-5-11-22)19-35(31(24)34)29(28)30(36)33-26-14-7-6-13-25(26)32/h3-7,10-11,13-16,18-19H,8-9,12,17H2,1-2H3,(H,33,36). The molecule has 0 bridgehead atoms. The Hall–Kier alpha value is -3.76. The molecule has 2 aromatic heterocycles. The summed E-state index contributed by atoms with van der Waals surface area (Å²) >= 11 is 6.42. The van der Waals surface area contributed by atoms with Crippen molar-refractivity contribution in [2.75, 3.05) is 5.32 Å². The van der Waals surface area contributed by atoms with Gasteiger partial charge in [-0.3, -0.25) is 9.20 Å². The highest BCUT2D eigenvalue weighted by molar-refractivity contribution is 6.34. The highest BCUT2D eigenvalue weighted by Crippen LogP contribution is 2.40. The quantitative estimate of drug-likeness (QED) is 0.271. The molecule has 0 radical (unpaired) electrons. The van der Waals surface area contributed by atoms with Crippen LogP contribution in [0.15, 0.2) is 79.0 Å². The molecule has 0 atom stereocenters. The van der Waals surface area contributed by atoms with E-state index >= 15 is 0 Å². The summed E-state index contributed by atoms with van der Waals surface area (Å²) < 4.78 is 4.51. The summed E-state index contributed by atoms with van der Waals surface area (Å²) in [5.74, 6) is -0.157. The van der Waals surface area contributed by atoms with Gasteiger partial charge >= 0.3 is 0 Å². The molecular weight excluding hydrogens is 466 g/mol. The minimum absolute atomic E-state index is 0.157. The fourth-order valence-electron chi connectivity index (χ4n) is 5.40. The number of carbonyl (C=O) groups excluding carboxylic acids is 1. The fourth-order valence-corrected chi connectivity index (χ4v) is 5.58. The second-order valence-electron chi connectivity index (χ2n) is 9.62. The van der Waals surface area contributed by atoms with Gasteiger partial charge in [0.1, 0.15) is 11.3 Å². The Bertz CT molecular complexity index is 1610. The van der Waals surface area contributed by atoms with Crippen LogP contribution in [0.3, 0.4) is 0 Å². The van der Waals surface area contributed by atoms with Gasteiger partial charge in [0.2, 0.25) is 0 Å². The first kappa shape index (κ1) is 22.7. The Morgan fingerprint density at radius 3 is 2.44 bits per heavy atom. The van der Waals surface area contributed by atoms with Crippen LogP contribution in [0.2, 0.25) is 5.02 Å². The maximum absolute atomic E-state index is 14.0. The topological polar surface area (TPSA) is 38.4 Å². The molecule has 1 aliphatic rings. The molecule has 5 aromatic rings. The third-order valence-electron chi connectivity index (χ3n) is 7.34. The van der Waals surface area contributed by atoms with Crippen LogP contribution < -0.4 is 5.32 Å². The van der Waals surface area contributed by atoms with E-state index in [1.165, 1.54) is 16.7 Å². The zero-order valence-corrected chi connectivity index (χ0v) is 21.3. The first-order valence-electron chi connectivity index (χ1n) is 12.5. The van der Waals surface area contributed by atoms with Gasteiger partial charge < -0.3 is 9.88 Å². The maximum Gasteiger partial charge on any atom is 0.273 e. The lowest BCUT2D eigenvalue weighted by Gasteiger charge is -2.12. The molecule has 0 saturated carbocycles. The SMILES string of the molecule is Cc1ccc(-c2c3c4n(c(-c5ccccc5)cn4c2C(=O)Nc2ccccc2Cl)CCCC3)cc1C. The maximum atomic E-state index is 14.0. The Kier molecular flexibility index (Phi) is 5.69. The van der Waals surface area contributed by atoms with Crippen molar-refractivity contribution in [2.45, 2.75) is 39.7 Å². The molecule has 3 heterocycles. The summed E-state index contributed by atoms with van der Waals surface area (Å²) in [4.78, 5) is 14.0. The second-order valence-corrected chi connectivity index (χ2v) is 10.0. The summed E-state index contributed by atoms with van der Waals surface area (Å²) in [5.41, 5.74) is 10.5. The number of aryl methyl sites for hydroxylation is 4. The normalized spacial score (nSPS) is 13.1. The summed E-state index contributed by atoms with van der Waals surface area (Å²) in [6, 6.07) is 24.3. The third-order valence-corrected chi connectivity index (χ3v) is 7.67. The van der Waals surface area contributed by atoms with Crippen LogP contribution in [0.1, 0.15) is 40.0 Å². The summed E-state index contributed by atoms with van der Waals surface area (Å²) in [7, 11) is 0. The van der Waals surface area contributed by atoms with Gasteiger partial charge in [0, 0.05) is 23.9 Å². The van der Waals surface area contributed by atoms with Gasteiger partial charge in [-0.05, 0) is 67.5 Å². The molecule has 6 rings (SSSR count). The van der Waals surface area contributed by atoms with Gasteiger partial charge in [-0.15, -0.1) is 0 Å². The molecule has 1 amide bonds. The van der Waals surface area contributed by atoms with Gasteiger partial charge in [-0.1, -0.05) is 72.3 Å². The fraction of sp³-hybridized carbons (Fsp3) is 0.194. The minimum atomic E-state index is -0.157. The highest BCUT2D eigenvalue weighted by Gasteiger charge is 2.30. The number of rotatable bonds is 4. The van der Waals surface area contributed by atoms with E-state index < -0.39 is 0 Å². The first-order chi connectivity index (χ1) is 17.5. The third kappa shape index (κ3) is 3.73. The molecule has 1 aliphatic heterocycles. The van der Waals surface area contributed by atoms with Crippen molar-refractivity contribution in [2.24, 2.45) is 0 Å². The molecule has 4 nitrogen and oxygen atoms in total. The van der Waals surface area contributed by atoms with Crippen molar-refractivity contribution in [1.82, 2.24) is 8.97 Å². The van der Waals surface area contributed by atoms with E-state index in [4.69, 9.17) is 11.6 Å². The number of amides is 1. The van der Waals surface area contributed by atoms with Crippen molar-refractivity contribution >= 4 is 28.8 Å².